The first-order valence-electron chi connectivity index (χ1n) is 9.36. The predicted octanol–water partition coefficient (Wildman–Crippen LogP) is 2.57. The molecule has 0 saturated carbocycles. The SMILES string of the molecule is Cc1ccccc1CC[NH2+]CCCC[N+]1=Cc2ccccc2CC1. The molecule has 2 heteroatoms. The number of rotatable bonds is 8. The zero-order valence-corrected chi connectivity index (χ0v) is 14.9. The molecule has 1 aliphatic heterocycles. The number of nitrogens with two attached hydrogens (primary N) is 1. The highest BCUT2D eigenvalue weighted by molar-refractivity contribution is 5.78. The molecule has 0 aliphatic carbocycles. The number of quaternary nitrogens is 1. The molecule has 0 fully saturated rings. The summed E-state index contributed by atoms with van der Waals surface area (Å²) in [6.07, 6.45) is 7.32. The number of nitrogens with zero attached hydrogens (tertiary/aromatic N) is 1. The zero-order valence-electron chi connectivity index (χ0n) is 14.9. The standard InChI is InChI=1S/C22H29N2/c1-19-8-2-3-9-20(19)12-15-23-14-6-7-16-24-17-13-21-10-4-5-11-22(21)18-24/h2-5,8-11,18,23H,6-7,12-17H2,1H3/q+1/p+1. The first kappa shape index (κ1) is 16.9. The van der Waals surface area contributed by atoms with E-state index in [4.69, 9.17) is 0 Å². The number of benzene rings is 2. The van der Waals surface area contributed by atoms with Crippen LogP contribution >= 0.6 is 0 Å². The van der Waals surface area contributed by atoms with Crippen LogP contribution in [0.3, 0.4) is 0 Å². The highest BCUT2D eigenvalue weighted by atomic mass is 15.0. The average Bonchev–Trinajstić information content (AvgIpc) is 2.62. The smallest absolute Gasteiger partial charge is 0.170 e. The molecule has 24 heavy (non-hydrogen) atoms. The van der Waals surface area contributed by atoms with E-state index >= 15 is 0 Å². The summed E-state index contributed by atoms with van der Waals surface area (Å²) in [6, 6.07) is 17.5. The van der Waals surface area contributed by atoms with Gasteiger partial charge in [-0.1, -0.05) is 42.5 Å². The van der Waals surface area contributed by atoms with Crippen LogP contribution in [0.5, 0.6) is 0 Å². The Balaban J connectivity index is 1.31. The van der Waals surface area contributed by atoms with E-state index in [2.05, 4.69) is 71.6 Å². The van der Waals surface area contributed by atoms with Crippen molar-refractivity contribution in [3.8, 4) is 0 Å². The third-order valence-electron chi connectivity index (χ3n) is 5.03. The second-order valence-corrected chi connectivity index (χ2v) is 6.86. The van der Waals surface area contributed by atoms with E-state index in [-0.39, 0.29) is 0 Å². The van der Waals surface area contributed by atoms with Gasteiger partial charge in [0.25, 0.3) is 0 Å². The van der Waals surface area contributed by atoms with Crippen LogP contribution in [-0.2, 0) is 12.8 Å². The second-order valence-electron chi connectivity index (χ2n) is 6.86. The summed E-state index contributed by atoms with van der Waals surface area (Å²) >= 11 is 0. The maximum atomic E-state index is 2.50. The maximum absolute atomic E-state index is 2.50. The number of hydrogen-bond donors (Lipinski definition) is 1. The number of aryl methyl sites for hydroxylation is 1. The molecule has 0 bridgehead atoms. The van der Waals surface area contributed by atoms with Gasteiger partial charge in [0.1, 0.15) is 13.1 Å². The minimum atomic E-state index is 1.17. The van der Waals surface area contributed by atoms with Gasteiger partial charge in [0, 0.05) is 31.2 Å². The Hall–Kier alpha value is -1.93. The number of fused-ring (bicyclic) bond motifs is 1. The lowest BCUT2D eigenvalue weighted by Gasteiger charge is -2.12. The van der Waals surface area contributed by atoms with Gasteiger partial charge >= 0.3 is 0 Å². The van der Waals surface area contributed by atoms with Crippen LogP contribution < -0.4 is 5.32 Å². The molecule has 2 nitrogen and oxygen atoms in total. The molecule has 0 saturated heterocycles. The highest BCUT2D eigenvalue weighted by Crippen LogP contribution is 2.11. The Labute approximate surface area is 146 Å². The third kappa shape index (κ3) is 4.78. The van der Waals surface area contributed by atoms with Crippen LogP contribution in [0.25, 0.3) is 0 Å². The summed E-state index contributed by atoms with van der Waals surface area (Å²) in [5.74, 6) is 0. The Morgan fingerprint density at radius 3 is 2.71 bits per heavy atom. The van der Waals surface area contributed by atoms with Gasteiger partial charge in [-0.05, 0) is 29.7 Å². The van der Waals surface area contributed by atoms with E-state index in [1.54, 1.807) is 0 Å². The molecule has 126 valence electrons. The molecule has 1 heterocycles. The van der Waals surface area contributed by atoms with Crippen molar-refractivity contribution in [1.29, 1.82) is 0 Å². The summed E-state index contributed by atoms with van der Waals surface area (Å²) in [5, 5.41) is 2.47. The molecule has 2 aromatic carbocycles. The minimum Gasteiger partial charge on any atom is -0.346 e. The van der Waals surface area contributed by atoms with Crippen LogP contribution in [-0.4, -0.2) is 37.0 Å². The van der Waals surface area contributed by atoms with Crippen molar-refractivity contribution in [1.82, 2.24) is 0 Å². The van der Waals surface area contributed by atoms with E-state index < -0.39 is 0 Å². The second kappa shape index (κ2) is 8.79. The predicted molar refractivity (Wildman–Crippen MR) is 101 cm³/mol. The summed E-state index contributed by atoms with van der Waals surface area (Å²) < 4.78 is 2.50. The van der Waals surface area contributed by atoms with E-state index in [1.807, 2.05) is 0 Å². The molecule has 0 radical (unpaired) electrons. The topological polar surface area (TPSA) is 19.6 Å². The summed E-state index contributed by atoms with van der Waals surface area (Å²) in [6.45, 7) is 7.03. The quantitative estimate of drug-likeness (QED) is 0.569. The van der Waals surface area contributed by atoms with E-state index in [9.17, 15) is 0 Å². The molecule has 2 aromatic rings. The Kier molecular flexibility index (Phi) is 6.20. The fraction of sp³-hybridized carbons (Fsp3) is 0.409. The fourth-order valence-corrected chi connectivity index (χ4v) is 3.49. The van der Waals surface area contributed by atoms with E-state index in [0.717, 1.165) is 0 Å². The van der Waals surface area contributed by atoms with Crippen molar-refractivity contribution in [2.45, 2.75) is 32.6 Å². The lowest BCUT2D eigenvalue weighted by molar-refractivity contribution is -0.655. The van der Waals surface area contributed by atoms with Gasteiger partial charge in [0.15, 0.2) is 6.21 Å². The fourth-order valence-electron chi connectivity index (χ4n) is 3.49. The van der Waals surface area contributed by atoms with Gasteiger partial charge in [0.2, 0.25) is 0 Å². The largest absolute Gasteiger partial charge is 0.346 e. The minimum absolute atomic E-state index is 1.17. The molecular weight excluding hydrogens is 292 g/mol. The number of unbranched alkanes of at least 4 members (excludes halogenated alkanes) is 1. The Morgan fingerprint density at radius 2 is 1.79 bits per heavy atom. The first-order chi connectivity index (χ1) is 11.8. The van der Waals surface area contributed by atoms with Crippen molar-refractivity contribution in [3.05, 3.63) is 70.8 Å². The summed E-state index contributed by atoms with van der Waals surface area (Å²) in [7, 11) is 0. The van der Waals surface area contributed by atoms with Crippen molar-refractivity contribution >= 4 is 6.21 Å². The zero-order chi connectivity index (χ0) is 16.6. The number of hydrogen-bond acceptors (Lipinski definition) is 0. The highest BCUT2D eigenvalue weighted by Gasteiger charge is 2.14. The van der Waals surface area contributed by atoms with Crippen molar-refractivity contribution in [3.63, 3.8) is 0 Å². The molecule has 3 rings (SSSR count). The van der Waals surface area contributed by atoms with Crippen molar-refractivity contribution in [2.24, 2.45) is 0 Å². The molecule has 0 aromatic heterocycles. The van der Waals surface area contributed by atoms with Gasteiger partial charge < -0.3 is 5.32 Å². The summed E-state index contributed by atoms with van der Waals surface area (Å²) in [4.78, 5) is 0. The Morgan fingerprint density at radius 1 is 0.958 bits per heavy atom. The van der Waals surface area contributed by atoms with Crippen molar-refractivity contribution in [2.75, 3.05) is 26.2 Å². The maximum Gasteiger partial charge on any atom is 0.170 e. The molecule has 0 amide bonds. The van der Waals surface area contributed by atoms with E-state index in [0.29, 0.717) is 0 Å². The van der Waals surface area contributed by atoms with E-state index in [1.165, 1.54) is 74.1 Å². The van der Waals surface area contributed by atoms with Gasteiger partial charge in [-0.3, -0.25) is 0 Å². The summed E-state index contributed by atoms with van der Waals surface area (Å²) in [5.41, 5.74) is 5.83. The Bertz CT molecular complexity index is 688. The monoisotopic (exact) mass is 322 g/mol. The van der Waals surface area contributed by atoms with Crippen LogP contribution in [0.15, 0.2) is 48.5 Å². The lowest BCUT2D eigenvalue weighted by Crippen LogP contribution is -2.84. The van der Waals surface area contributed by atoms with Gasteiger partial charge in [0.05, 0.1) is 13.1 Å². The third-order valence-corrected chi connectivity index (χ3v) is 5.03. The van der Waals surface area contributed by atoms with Crippen LogP contribution in [0.1, 0.15) is 35.1 Å². The first-order valence-corrected chi connectivity index (χ1v) is 9.36. The molecular formula is C22H30N2+2. The molecule has 0 atom stereocenters. The molecule has 2 N–H and O–H groups in total. The van der Waals surface area contributed by atoms with Crippen LogP contribution in [0.4, 0.5) is 0 Å². The average molecular weight is 322 g/mol. The molecule has 0 unspecified atom stereocenters. The van der Waals surface area contributed by atoms with Crippen LogP contribution in [0, 0.1) is 6.92 Å². The van der Waals surface area contributed by atoms with Crippen molar-refractivity contribution < 1.29 is 9.89 Å². The normalized spacial score (nSPS) is 13.5. The van der Waals surface area contributed by atoms with Gasteiger partial charge in [-0.2, -0.15) is 0 Å². The van der Waals surface area contributed by atoms with Gasteiger partial charge in [-0.15, -0.1) is 0 Å². The van der Waals surface area contributed by atoms with Crippen LogP contribution in [0.2, 0.25) is 0 Å². The van der Waals surface area contributed by atoms with Gasteiger partial charge in [-0.25, -0.2) is 4.58 Å². The molecule has 0 spiro atoms. The molecule has 1 aliphatic rings. The lowest BCUT2D eigenvalue weighted by atomic mass is 10.0.